The lowest BCUT2D eigenvalue weighted by Crippen LogP contribution is -2.37. The van der Waals surface area contributed by atoms with Crippen molar-refractivity contribution in [3.05, 3.63) is 54.1 Å². The number of halogens is 2. The molecule has 0 aromatic heterocycles. The van der Waals surface area contributed by atoms with Crippen molar-refractivity contribution in [3.8, 4) is 0 Å². The van der Waals surface area contributed by atoms with E-state index in [9.17, 15) is 18.4 Å². The third-order valence-corrected chi connectivity index (χ3v) is 4.51. The van der Waals surface area contributed by atoms with Crippen molar-refractivity contribution in [3.63, 3.8) is 0 Å². The van der Waals surface area contributed by atoms with Gasteiger partial charge in [0.25, 0.3) is 0 Å². The highest BCUT2D eigenvalue weighted by Gasteiger charge is 2.22. The van der Waals surface area contributed by atoms with E-state index in [0.717, 1.165) is 42.7 Å². The highest BCUT2D eigenvalue weighted by atomic mass is 19.1. The van der Waals surface area contributed by atoms with Crippen LogP contribution in [0.1, 0.15) is 19.8 Å². The molecule has 0 bridgehead atoms. The molecule has 0 atom stereocenters. The summed E-state index contributed by atoms with van der Waals surface area (Å²) in [6.07, 6.45) is 2.35. The van der Waals surface area contributed by atoms with Crippen LogP contribution in [0, 0.1) is 11.6 Å². The fourth-order valence-electron chi connectivity index (χ4n) is 3.17. The SMILES string of the molecule is CC(=O)N(CC(=O)Nc1ccc(N2CCCC2)cc1)c1c(F)cccc1F. The molecule has 0 radical (unpaired) electrons. The van der Waals surface area contributed by atoms with Crippen LogP contribution in [0.3, 0.4) is 0 Å². The number of benzene rings is 2. The zero-order valence-corrected chi connectivity index (χ0v) is 15.0. The van der Waals surface area contributed by atoms with Crippen molar-refractivity contribution < 1.29 is 18.4 Å². The lowest BCUT2D eigenvalue weighted by molar-refractivity contribution is -0.120. The van der Waals surface area contributed by atoms with Gasteiger partial charge in [-0.1, -0.05) is 6.07 Å². The van der Waals surface area contributed by atoms with Gasteiger partial charge in [-0.05, 0) is 49.2 Å². The maximum atomic E-state index is 14.0. The first-order valence-electron chi connectivity index (χ1n) is 8.82. The number of hydrogen-bond donors (Lipinski definition) is 1. The zero-order valence-electron chi connectivity index (χ0n) is 15.0. The third-order valence-electron chi connectivity index (χ3n) is 4.51. The van der Waals surface area contributed by atoms with Gasteiger partial charge in [-0.15, -0.1) is 0 Å². The quantitative estimate of drug-likeness (QED) is 0.872. The minimum Gasteiger partial charge on any atom is -0.372 e. The van der Waals surface area contributed by atoms with Crippen LogP contribution in [0.25, 0.3) is 0 Å². The molecule has 142 valence electrons. The Hall–Kier alpha value is -2.96. The smallest absolute Gasteiger partial charge is 0.244 e. The normalized spacial score (nSPS) is 13.5. The Kier molecular flexibility index (Phi) is 5.69. The third kappa shape index (κ3) is 4.42. The summed E-state index contributed by atoms with van der Waals surface area (Å²) in [5, 5.41) is 2.66. The van der Waals surface area contributed by atoms with E-state index < -0.39 is 35.7 Å². The molecule has 2 aromatic carbocycles. The molecule has 5 nitrogen and oxygen atoms in total. The molecule has 1 aliphatic heterocycles. The summed E-state index contributed by atoms with van der Waals surface area (Å²) in [6, 6.07) is 10.7. The lowest BCUT2D eigenvalue weighted by Gasteiger charge is -2.22. The Labute approximate surface area is 156 Å². The number of rotatable bonds is 5. The van der Waals surface area contributed by atoms with Gasteiger partial charge in [0.1, 0.15) is 23.9 Å². The van der Waals surface area contributed by atoms with Crippen LogP contribution in [0.2, 0.25) is 0 Å². The molecule has 27 heavy (non-hydrogen) atoms. The van der Waals surface area contributed by atoms with Crippen LogP contribution in [0.15, 0.2) is 42.5 Å². The Morgan fingerprint density at radius 3 is 2.19 bits per heavy atom. The molecule has 1 fully saturated rings. The highest BCUT2D eigenvalue weighted by Crippen LogP contribution is 2.24. The first-order chi connectivity index (χ1) is 13.0. The standard InChI is InChI=1S/C20H21F2N3O2/c1-14(26)25(20-17(21)5-4-6-18(20)22)13-19(27)23-15-7-9-16(10-8-15)24-11-2-3-12-24/h4-10H,2-3,11-13H2,1H3,(H,23,27). The number of hydrogen-bond acceptors (Lipinski definition) is 3. The molecule has 0 spiro atoms. The number of carbonyl (C=O) groups excluding carboxylic acids is 2. The monoisotopic (exact) mass is 373 g/mol. The second-order valence-electron chi connectivity index (χ2n) is 6.46. The Balaban J connectivity index is 1.68. The van der Waals surface area contributed by atoms with E-state index in [1.54, 1.807) is 12.1 Å². The van der Waals surface area contributed by atoms with E-state index in [2.05, 4.69) is 10.2 Å². The largest absolute Gasteiger partial charge is 0.372 e. The van der Waals surface area contributed by atoms with E-state index in [1.807, 2.05) is 12.1 Å². The molecular weight excluding hydrogens is 352 g/mol. The predicted molar refractivity (Wildman–Crippen MR) is 101 cm³/mol. The van der Waals surface area contributed by atoms with E-state index in [0.29, 0.717) is 5.69 Å². The molecule has 1 saturated heterocycles. The van der Waals surface area contributed by atoms with Gasteiger partial charge in [0.2, 0.25) is 11.8 Å². The molecule has 0 unspecified atom stereocenters. The van der Waals surface area contributed by atoms with Crippen molar-refractivity contribution >= 4 is 28.9 Å². The van der Waals surface area contributed by atoms with Gasteiger partial charge in [0.05, 0.1) is 0 Å². The molecule has 1 aliphatic rings. The summed E-state index contributed by atoms with van der Waals surface area (Å²) in [5.41, 5.74) is 1.12. The average Bonchev–Trinajstić information content (AvgIpc) is 3.16. The number of nitrogens with zero attached hydrogens (tertiary/aromatic N) is 2. The minimum absolute atomic E-state index is 0.485. The molecule has 3 rings (SSSR count). The van der Waals surface area contributed by atoms with Gasteiger partial charge >= 0.3 is 0 Å². The van der Waals surface area contributed by atoms with Gasteiger partial charge in [-0.2, -0.15) is 0 Å². The number of nitrogens with one attached hydrogen (secondary N) is 1. The van der Waals surface area contributed by atoms with Crippen molar-refractivity contribution in [2.45, 2.75) is 19.8 Å². The molecular formula is C20H21F2N3O2. The predicted octanol–water partition coefficient (Wildman–Crippen LogP) is 3.56. The van der Waals surface area contributed by atoms with Gasteiger partial charge in [-0.25, -0.2) is 8.78 Å². The van der Waals surface area contributed by atoms with Gasteiger partial charge < -0.3 is 10.2 Å². The molecule has 2 aromatic rings. The fraction of sp³-hybridized carbons (Fsp3) is 0.300. The Bertz CT molecular complexity index is 813. The summed E-state index contributed by atoms with van der Waals surface area (Å²) in [6.45, 7) is 2.71. The zero-order chi connectivity index (χ0) is 19.4. The van der Waals surface area contributed by atoms with Crippen LogP contribution in [-0.4, -0.2) is 31.4 Å². The van der Waals surface area contributed by atoms with Crippen molar-refractivity contribution in [2.24, 2.45) is 0 Å². The maximum absolute atomic E-state index is 14.0. The van der Waals surface area contributed by atoms with Crippen LogP contribution in [0.4, 0.5) is 25.8 Å². The number of amides is 2. The topological polar surface area (TPSA) is 52.7 Å². The number of carbonyl (C=O) groups is 2. The van der Waals surface area contributed by atoms with E-state index in [-0.39, 0.29) is 0 Å². The molecule has 0 aliphatic carbocycles. The summed E-state index contributed by atoms with van der Waals surface area (Å²) >= 11 is 0. The lowest BCUT2D eigenvalue weighted by atomic mass is 10.2. The average molecular weight is 373 g/mol. The molecule has 2 amide bonds. The van der Waals surface area contributed by atoms with Crippen LogP contribution < -0.4 is 15.1 Å². The molecule has 1 heterocycles. The first-order valence-corrected chi connectivity index (χ1v) is 8.82. The second kappa shape index (κ2) is 8.16. The van der Waals surface area contributed by atoms with Crippen LogP contribution in [-0.2, 0) is 9.59 Å². The van der Waals surface area contributed by atoms with Crippen LogP contribution in [0.5, 0.6) is 0 Å². The van der Waals surface area contributed by atoms with E-state index >= 15 is 0 Å². The Morgan fingerprint density at radius 1 is 1.04 bits per heavy atom. The number of para-hydroxylation sites is 1. The van der Waals surface area contributed by atoms with Gasteiger partial charge in [-0.3, -0.25) is 14.5 Å². The molecule has 7 heteroatoms. The van der Waals surface area contributed by atoms with Crippen molar-refractivity contribution in [1.82, 2.24) is 0 Å². The Morgan fingerprint density at radius 2 is 1.63 bits per heavy atom. The van der Waals surface area contributed by atoms with E-state index in [4.69, 9.17) is 0 Å². The fourth-order valence-corrected chi connectivity index (χ4v) is 3.17. The molecule has 1 N–H and O–H groups in total. The highest BCUT2D eigenvalue weighted by molar-refractivity contribution is 6.02. The summed E-state index contributed by atoms with van der Waals surface area (Å²) in [4.78, 5) is 27.2. The maximum Gasteiger partial charge on any atom is 0.244 e. The molecule has 0 saturated carbocycles. The second-order valence-corrected chi connectivity index (χ2v) is 6.46. The summed E-state index contributed by atoms with van der Waals surface area (Å²) in [7, 11) is 0. The number of anilines is 3. The summed E-state index contributed by atoms with van der Waals surface area (Å²) in [5.74, 6) is -2.96. The summed E-state index contributed by atoms with van der Waals surface area (Å²) < 4.78 is 27.9. The van der Waals surface area contributed by atoms with Crippen molar-refractivity contribution in [1.29, 1.82) is 0 Å². The van der Waals surface area contributed by atoms with Gasteiger partial charge in [0, 0.05) is 31.4 Å². The van der Waals surface area contributed by atoms with Gasteiger partial charge in [0.15, 0.2) is 0 Å². The van der Waals surface area contributed by atoms with Crippen LogP contribution >= 0.6 is 0 Å². The first kappa shape index (κ1) is 18.8. The van der Waals surface area contributed by atoms with E-state index in [1.165, 1.54) is 18.9 Å². The van der Waals surface area contributed by atoms with Crippen molar-refractivity contribution in [2.75, 3.05) is 34.8 Å². The minimum atomic E-state index is -0.895.